The molecule has 0 fully saturated rings. The van der Waals surface area contributed by atoms with E-state index in [0.717, 1.165) is 21.3 Å². The molecule has 4 heteroatoms. The molecule has 106 valence electrons. The lowest BCUT2D eigenvalue weighted by molar-refractivity contribution is 0.334. The van der Waals surface area contributed by atoms with E-state index in [0.29, 0.717) is 11.6 Å². The minimum Gasteiger partial charge on any atom is -0.494 e. The smallest absolute Gasteiger partial charge is 0.124 e. The average molecular weight is 355 g/mol. The topological polar surface area (TPSA) is 21.3 Å². The van der Waals surface area contributed by atoms with Crippen molar-refractivity contribution in [2.24, 2.45) is 0 Å². The van der Waals surface area contributed by atoms with Crippen LogP contribution in [0, 0.1) is 0 Å². The molecule has 2 nitrogen and oxygen atoms in total. The summed E-state index contributed by atoms with van der Waals surface area (Å²) in [7, 11) is 1.94. The number of halogens is 2. The molecule has 0 radical (unpaired) electrons. The van der Waals surface area contributed by atoms with Gasteiger partial charge in [0, 0.05) is 15.1 Å². The van der Waals surface area contributed by atoms with E-state index in [9.17, 15) is 0 Å². The lowest BCUT2D eigenvalue weighted by Gasteiger charge is -2.21. The highest BCUT2D eigenvalue weighted by atomic mass is 79.9. The van der Waals surface area contributed by atoms with E-state index >= 15 is 0 Å². The first-order chi connectivity index (χ1) is 9.67. The summed E-state index contributed by atoms with van der Waals surface area (Å²) >= 11 is 9.60. The van der Waals surface area contributed by atoms with Crippen molar-refractivity contribution in [3.05, 3.63) is 63.1 Å². The van der Waals surface area contributed by atoms with Crippen LogP contribution in [0.3, 0.4) is 0 Å². The number of benzene rings is 2. The first-order valence-electron chi connectivity index (χ1n) is 6.51. The van der Waals surface area contributed by atoms with E-state index in [-0.39, 0.29) is 6.04 Å². The largest absolute Gasteiger partial charge is 0.494 e. The van der Waals surface area contributed by atoms with E-state index in [1.807, 2.05) is 50.4 Å². The first-order valence-corrected chi connectivity index (χ1v) is 7.68. The molecule has 2 rings (SSSR count). The van der Waals surface area contributed by atoms with Gasteiger partial charge in [-0.2, -0.15) is 0 Å². The summed E-state index contributed by atoms with van der Waals surface area (Å²) in [6.45, 7) is 2.64. The molecule has 0 saturated heterocycles. The molecule has 0 amide bonds. The highest BCUT2D eigenvalue weighted by Crippen LogP contribution is 2.34. The fourth-order valence-electron chi connectivity index (χ4n) is 2.22. The Morgan fingerprint density at radius 1 is 1.20 bits per heavy atom. The number of hydrogen-bond acceptors (Lipinski definition) is 2. The Labute approximate surface area is 133 Å². The molecule has 0 spiro atoms. The summed E-state index contributed by atoms with van der Waals surface area (Å²) in [5.41, 5.74) is 2.24. The van der Waals surface area contributed by atoms with E-state index < -0.39 is 0 Å². The minimum atomic E-state index is 0.0457. The molecule has 20 heavy (non-hydrogen) atoms. The fourth-order valence-corrected chi connectivity index (χ4v) is 3.13. The molecule has 0 bridgehead atoms. The molecule has 1 N–H and O–H groups in total. The van der Waals surface area contributed by atoms with Crippen molar-refractivity contribution in [1.82, 2.24) is 5.32 Å². The number of nitrogens with one attached hydrogen (secondary N) is 1. The molecule has 1 atom stereocenters. The second kappa shape index (κ2) is 7.11. The predicted molar refractivity (Wildman–Crippen MR) is 87.7 cm³/mol. The number of ether oxygens (including phenoxy) is 1. The minimum absolute atomic E-state index is 0.0457. The molecule has 2 aromatic rings. The Balaban J connectivity index is 2.47. The van der Waals surface area contributed by atoms with Gasteiger partial charge in [0.1, 0.15) is 5.75 Å². The molecule has 0 heterocycles. The number of rotatable bonds is 5. The SMILES string of the molecule is CCOc1ccccc1C(NC)c1ccc(Cl)cc1Br. The zero-order valence-corrected chi connectivity index (χ0v) is 13.8. The van der Waals surface area contributed by atoms with Crippen LogP contribution in [0.15, 0.2) is 46.9 Å². The molecule has 0 saturated carbocycles. The second-order valence-corrected chi connectivity index (χ2v) is 5.65. The van der Waals surface area contributed by atoms with Crippen LogP contribution in [0.2, 0.25) is 5.02 Å². The van der Waals surface area contributed by atoms with Crippen molar-refractivity contribution in [3.63, 3.8) is 0 Å². The van der Waals surface area contributed by atoms with Crippen LogP contribution in [0.1, 0.15) is 24.1 Å². The Morgan fingerprint density at radius 2 is 1.95 bits per heavy atom. The Morgan fingerprint density at radius 3 is 2.60 bits per heavy atom. The van der Waals surface area contributed by atoms with Gasteiger partial charge in [-0.25, -0.2) is 0 Å². The van der Waals surface area contributed by atoms with Crippen LogP contribution in [0.5, 0.6) is 5.75 Å². The summed E-state index contributed by atoms with van der Waals surface area (Å²) < 4.78 is 6.71. The van der Waals surface area contributed by atoms with Crippen LogP contribution in [0.25, 0.3) is 0 Å². The van der Waals surface area contributed by atoms with Gasteiger partial charge in [-0.1, -0.05) is 51.8 Å². The Bertz CT molecular complexity index is 588. The van der Waals surface area contributed by atoms with Crippen molar-refractivity contribution in [2.75, 3.05) is 13.7 Å². The summed E-state index contributed by atoms with van der Waals surface area (Å²) in [6.07, 6.45) is 0. The van der Waals surface area contributed by atoms with Crippen molar-refractivity contribution in [2.45, 2.75) is 13.0 Å². The van der Waals surface area contributed by atoms with Gasteiger partial charge < -0.3 is 10.1 Å². The van der Waals surface area contributed by atoms with Gasteiger partial charge in [-0.3, -0.25) is 0 Å². The zero-order valence-electron chi connectivity index (χ0n) is 11.5. The van der Waals surface area contributed by atoms with E-state index in [1.165, 1.54) is 0 Å². The summed E-state index contributed by atoms with van der Waals surface area (Å²) in [4.78, 5) is 0. The maximum absolute atomic E-state index is 6.02. The van der Waals surface area contributed by atoms with E-state index in [1.54, 1.807) is 0 Å². The van der Waals surface area contributed by atoms with Gasteiger partial charge in [0.05, 0.1) is 12.6 Å². The molecule has 0 aromatic heterocycles. The maximum Gasteiger partial charge on any atom is 0.124 e. The van der Waals surface area contributed by atoms with Gasteiger partial charge >= 0.3 is 0 Å². The normalized spacial score (nSPS) is 12.2. The molecule has 2 aromatic carbocycles. The average Bonchev–Trinajstić information content (AvgIpc) is 2.44. The third-order valence-electron chi connectivity index (χ3n) is 3.09. The maximum atomic E-state index is 6.02. The summed E-state index contributed by atoms with van der Waals surface area (Å²) in [5.74, 6) is 0.899. The molecular formula is C16H17BrClNO. The lowest BCUT2D eigenvalue weighted by Crippen LogP contribution is -2.19. The Hall–Kier alpha value is -1.03. The van der Waals surface area contributed by atoms with Crippen molar-refractivity contribution >= 4 is 27.5 Å². The highest BCUT2D eigenvalue weighted by Gasteiger charge is 2.18. The molecule has 0 aliphatic rings. The molecule has 1 unspecified atom stereocenters. The van der Waals surface area contributed by atoms with Crippen LogP contribution < -0.4 is 10.1 Å². The van der Waals surface area contributed by atoms with E-state index in [4.69, 9.17) is 16.3 Å². The molecular weight excluding hydrogens is 338 g/mol. The number of para-hydroxylation sites is 1. The predicted octanol–water partition coefficient (Wildman–Crippen LogP) is 4.81. The summed E-state index contributed by atoms with van der Waals surface area (Å²) in [6, 6.07) is 13.9. The van der Waals surface area contributed by atoms with Gasteiger partial charge in [-0.05, 0) is 37.7 Å². The van der Waals surface area contributed by atoms with Gasteiger partial charge in [0.15, 0.2) is 0 Å². The van der Waals surface area contributed by atoms with Gasteiger partial charge in [0.25, 0.3) is 0 Å². The van der Waals surface area contributed by atoms with Crippen LogP contribution in [0.4, 0.5) is 0 Å². The summed E-state index contributed by atoms with van der Waals surface area (Å²) in [5, 5.41) is 4.06. The fraction of sp³-hybridized carbons (Fsp3) is 0.250. The highest BCUT2D eigenvalue weighted by molar-refractivity contribution is 9.10. The van der Waals surface area contributed by atoms with Crippen molar-refractivity contribution in [3.8, 4) is 5.75 Å². The quantitative estimate of drug-likeness (QED) is 0.832. The first kappa shape index (κ1) is 15.4. The third kappa shape index (κ3) is 3.35. The monoisotopic (exact) mass is 353 g/mol. The zero-order chi connectivity index (χ0) is 14.5. The second-order valence-electron chi connectivity index (χ2n) is 4.36. The third-order valence-corrected chi connectivity index (χ3v) is 4.01. The van der Waals surface area contributed by atoms with Gasteiger partial charge in [-0.15, -0.1) is 0 Å². The van der Waals surface area contributed by atoms with Crippen LogP contribution >= 0.6 is 27.5 Å². The molecule has 0 aliphatic heterocycles. The lowest BCUT2D eigenvalue weighted by atomic mass is 9.98. The number of hydrogen-bond donors (Lipinski definition) is 1. The van der Waals surface area contributed by atoms with Crippen LogP contribution in [-0.4, -0.2) is 13.7 Å². The van der Waals surface area contributed by atoms with Crippen LogP contribution in [-0.2, 0) is 0 Å². The standard InChI is InChI=1S/C16H17BrClNO/c1-3-20-15-7-5-4-6-13(15)16(19-2)12-9-8-11(18)10-14(12)17/h4-10,16,19H,3H2,1-2H3. The van der Waals surface area contributed by atoms with E-state index in [2.05, 4.69) is 27.3 Å². The van der Waals surface area contributed by atoms with Gasteiger partial charge in [0.2, 0.25) is 0 Å². The van der Waals surface area contributed by atoms with Crippen molar-refractivity contribution < 1.29 is 4.74 Å². The molecule has 0 aliphatic carbocycles. The van der Waals surface area contributed by atoms with Crippen molar-refractivity contribution in [1.29, 1.82) is 0 Å². The Kier molecular flexibility index (Phi) is 5.46.